The summed E-state index contributed by atoms with van der Waals surface area (Å²) < 4.78 is 0. The van der Waals surface area contributed by atoms with E-state index in [2.05, 4.69) is 14.9 Å². The number of hydrogen-bond donors (Lipinski definition) is 0. The van der Waals surface area contributed by atoms with Gasteiger partial charge in [-0.15, -0.1) is 11.3 Å². The SMILES string of the molecule is Cc1nc(C2CCN(C(=O)C3CC3)CC2)sc1-c1ccncn1. The van der Waals surface area contributed by atoms with Crippen molar-refractivity contribution >= 4 is 17.2 Å². The molecule has 3 heterocycles. The molecule has 0 spiro atoms. The third-order valence-electron chi connectivity index (χ3n) is 4.71. The summed E-state index contributed by atoms with van der Waals surface area (Å²) in [4.78, 5) is 28.4. The summed E-state index contributed by atoms with van der Waals surface area (Å²) in [6.45, 7) is 3.80. The number of thiazole rings is 1. The zero-order valence-corrected chi connectivity index (χ0v) is 14.1. The lowest BCUT2D eigenvalue weighted by Crippen LogP contribution is -2.38. The van der Waals surface area contributed by atoms with Gasteiger partial charge in [0, 0.05) is 31.1 Å². The lowest BCUT2D eigenvalue weighted by Gasteiger charge is -2.31. The van der Waals surface area contributed by atoms with Crippen molar-refractivity contribution in [3.05, 3.63) is 29.3 Å². The summed E-state index contributed by atoms with van der Waals surface area (Å²) in [5.41, 5.74) is 1.99. The molecule has 2 aromatic rings. The number of aromatic nitrogens is 3. The summed E-state index contributed by atoms with van der Waals surface area (Å²) in [6, 6.07) is 1.93. The fourth-order valence-corrected chi connectivity index (χ4v) is 4.40. The van der Waals surface area contributed by atoms with Gasteiger partial charge in [-0.2, -0.15) is 0 Å². The first-order chi connectivity index (χ1) is 11.2. The highest BCUT2D eigenvalue weighted by Crippen LogP contribution is 2.38. The first-order valence-electron chi connectivity index (χ1n) is 8.25. The van der Waals surface area contributed by atoms with Crippen LogP contribution >= 0.6 is 11.3 Å². The first-order valence-corrected chi connectivity index (χ1v) is 9.06. The number of likely N-dealkylation sites (tertiary alicyclic amines) is 1. The lowest BCUT2D eigenvalue weighted by atomic mass is 9.97. The number of hydrogen-bond acceptors (Lipinski definition) is 5. The van der Waals surface area contributed by atoms with E-state index < -0.39 is 0 Å². The standard InChI is InChI=1S/C17H20N4OS/c1-11-15(14-4-7-18-10-19-14)23-16(20-11)12-5-8-21(9-6-12)17(22)13-2-3-13/h4,7,10,12-13H,2-3,5-6,8-9H2,1H3. The minimum Gasteiger partial charge on any atom is -0.342 e. The van der Waals surface area contributed by atoms with Crippen molar-refractivity contribution < 1.29 is 4.79 Å². The second-order valence-electron chi connectivity index (χ2n) is 6.44. The molecule has 5 nitrogen and oxygen atoms in total. The molecule has 0 N–H and O–H groups in total. The molecule has 0 bridgehead atoms. The zero-order valence-electron chi connectivity index (χ0n) is 13.2. The topological polar surface area (TPSA) is 59.0 Å². The molecule has 2 fully saturated rings. The largest absolute Gasteiger partial charge is 0.342 e. The van der Waals surface area contributed by atoms with Crippen molar-refractivity contribution in [2.24, 2.45) is 5.92 Å². The van der Waals surface area contributed by atoms with Crippen LogP contribution in [0.2, 0.25) is 0 Å². The molecule has 4 rings (SSSR count). The van der Waals surface area contributed by atoms with Gasteiger partial charge in [0.1, 0.15) is 6.33 Å². The summed E-state index contributed by atoms with van der Waals surface area (Å²) in [5.74, 6) is 1.18. The maximum Gasteiger partial charge on any atom is 0.225 e. The van der Waals surface area contributed by atoms with Gasteiger partial charge in [-0.25, -0.2) is 15.0 Å². The Hall–Kier alpha value is -1.82. The van der Waals surface area contributed by atoms with E-state index in [-0.39, 0.29) is 0 Å². The molecule has 6 heteroatoms. The molecule has 120 valence electrons. The van der Waals surface area contributed by atoms with E-state index in [0.29, 0.717) is 17.7 Å². The first kappa shape index (κ1) is 14.8. The van der Waals surface area contributed by atoms with Crippen LogP contribution in [0.15, 0.2) is 18.6 Å². The third-order valence-corrected chi connectivity index (χ3v) is 6.05. The van der Waals surface area contributed by atoms with Crippen molar-refractivity contribution in [1.29, 1.82) is 0 Å². The highest BCUT2D eigenvalue weighted by atomic mass is 32.1. The number of rotatable bonds is 3. The molecular formula is C17H20N4OS. The van der Waals surface area contributed by atoms with Crippen LogP contribution in [0.25, 0.3) is 10.6 Å². The Morgan fingerprint density at radius 2 is 2.04 bits per heavy atom. The molecule has 0 radical (unpaired) electrons. The van der Waals surface area contributed by atoms with Crippen LogP contribution < -0.4 is 0 Å². The number of carbonyl (C=O) groups is 1. The van der Waals surface area contributed by atoms with Crippen LogP contribution in [0, 0.1) is 12.8 Å². The maximum atomic E-state index is 12.1. The van der Waals surface area contributed by atoms with E-state index >= 15 is 0 Å². The van der Waals surface area contributed by atoms with E-state index in [1.165, 1.54) is 5.01 Å². The smallest absolute Gasteiger partial charge is 0.225 e. The summed E-state index contributed by atoms with van der Waals surface area (Å²) >= 11 is 1.74. The number of piperidine rings is 1. The molecule has 2 aliphatic rings. The van der Waals surface area contributed by atoms with Gasteiger partial charge in [-0.05, 0) is 38.7 Å². The molecule has 1 saturated carbocycles. The van der Waals surface area contributed by atoms with E-state index in [0.717, 1.165) is 55.0 Å². The van der Waals surface area contributed by atoms with Gasteiger partial charge in [0.05, 0.1) is 21.3 Å². The minimum atomic E-state index is 0.332. The quantitative estimate of drug-likeness (QED) is 0.869. The van der Waals surface area contributed by atoms with E-state index in [1.54, 1.807) is 23.9 Å². The Morgan fingerprint density at radius 3 is 2.70 bits per heavy atom. The van der Waals surface area contributed by atoms with Gasteiger partial charge < -0.3 is 4.90 Å². The zero-order chi connectivity index (χ0) is 15.8. The van der Waals surface area contributed by atoms with Crippen LogP contribution in [-0.4, -0.2) is 38.8 Å². The monoisotopic (exact) mass is 328 g/mol. The highest BCUT2D eigenvalue weighted by Gasteiger charge is 2.35. The fourth-order valence-electron chi connectivity index (χ4n) is 3.19. The Bertz CT molecular complexity index is 703. The van der Waals surface area contributed by atoms with E-state index in [1.807, 2.05) is 13.0 Å². The predicted octanol–water partition coefficient (Wildman–Crippen LogP) is 3.02. The normalized spacial score (nSPS) is 19.1. The predicted molar refractivity (Wildman–Crippen MR) is 89.2 cm³/mol. The molecule has 1 aliphatic heterocycles. The molecule has 1 amide bonds. The van der Waals surface area contributed by atoms with Gasteiger partial charge in [0.2, 0.25) is 5.91 Å². The minimum absolute atomic E-state index is 0.332. The van der Waals surface area contributed by atoms with Gasteiger partial charge in [-0.1, -0.05) is 0 Å². The maximum absolute atomic E-state index is 12.1. The van der Waals surface area contributed by atoms with Crippen molar-refractivity contribution in [2.45, 2.75) is 38.5 Å². The Labute approximate surface area is 139 Å². The summed E-state index contributed by atoms with van der Waals surface area (Å²) in [6.07, 6.45) is 7.57. The average Bonchev–Trinajstić information content (AvgIpc) is 3.37. The van der Waals surface area contributed by atoms with Crippen molar-refractivity contribution in [2.75, 3.05) is 13.1 Å². The molecular weight excluding hydrogens is 308 g/mol. The van der Waals surface area contributed by atoms with Crippen LogP contribution in [0.3, 0.4) is 0 Å². The summed E-state index contributed by atoms with van der Waals surface area (Å²) in [7, 11) is 0. The molecule has 2 aromatic heterocycles. The molecule has 1 aliphatic carbocycles. The van der Waals surface area contributed by atoms with Crippen molar-refractivity contribution in [3.63, 3.8) is 0 Å². The van der Waals surface area contributed by atoms with E-state index in [4.69, 9.17) is 4.98 Å². The molecule has 1 saturated heterocycles. The Balaban J connectivity index is 1.46. The average molecular weight is 328 g/mol. The van der Waals surface area contributed by atoms with E-state index in [9.17, 15) is 4.79 Å². The van der Waals surface area contributed by atoms with Gasteiger partial charge in [0.25, 0.3) is 0 Å². The Kier molecular flexibility index (Phi) is 3.85. The number of amides is 1. The van der Waals surface area contributed by atoms with Gasteiger partial charge >= 0.3 is 0 Å². The van der Waals surface area contributed by atoms with Crippen LogP contribution in [0.4, 0.5) is 0 Å². The lowest BCUT2D eigenvalue weighted by molar-refractivity contribution is -0.133. The number of carbonyl (C=O) groups excluding carboxylic acids is 1. The molecule has 0 atom stereocenters. The molecule has 0 aromatic carbocycles. The summed E-state index contributed by atoms with van der Waals surface area (Å²) in [5, 5.41) is 1.19. The third kappa shape index (κ3) is 3.00. The van der Waals surface area contributed by atoms with Crippen LogP contribution in [0.5, 0.6) is 0 Å². The Morgan fingerprint density at radius 1 is 1.26 bits per heavy atom. The second kappa shape index (κ2) is 6.00. The van der Waals surface area contributed by atoms with Crippen LogP contribution in [-0.2, 0) is 4.79 Å². The van der Waals surface area contributed by atoms with Gasteiger partial charge in [0.15, 0.2) is 0 Å². The fraction of sp³-hybridized carbons (Fsp3) is 0.529. The van der Waals surface area contributed by atoms with Gasteiger partial charge in [-0.3, -0.25) is 4.79 Å². The molecule has 23 heavy (non-hydrogen) atoms. The van der Waals surface area contributed by atoms with Crippen molar-refractivity contribution in [3.8, 4) is 10.6 Å². The molecule has 0 unspecified atom stereocenters. The second-order valence-corrected chi connectivity index (χ2v) is 7.47. The van der Waals surface area contributed by atoms with Crippen molar-refractivity contribution in [1.82, 2.24) is 19.9 Å². The number of aryl methyl sites for hydroxylation is 1. The highest BCUT2D eigenvalue weighted by molar-refractivity contribution is 7.15. The van der Waals surface area contributed by atoms with Crippen LogP contribution in [0.1, 0.15) is 42.3 Å². The number of nitrogens with zero attached hydrogens (tertiary/aromatic N) is 4.